The maximum Gasteiger partial charge on any atom is 0.429 e. The molecule has 0 aliphatic rings. The molecule has 0 unspecified atom stereocenters. The van der Waals surface area contributed by atoms with E-state index in [1.807, 2.05) is 0 Å². The lowest BCUT2D eigenvalue weighted by Gasteiger charge is -2.25. The van der Waals surface area contributed by atoms with Crippen molar-refractivity contribution < 1.29 is 23.4 Å². The van der Waals surface area contributed by atoms with Crippen molar-refractivity contribution in [2.24, 2.45) is 0 Å². The van der Waals surface area contributed by atoms with Gasteiger partial charge in [-0.25, -0.2) is 19.0 Å². The molecule has 42 heavy (non-hydrogen) atoms. The highest BCUT2D eigenvalue weighted by Gasteiger charge is 2.28. The standard InChI is InChI=1S/C27H30BrFN6O6S/c1-16-21-22(36)34(32(5)26(38)41-27(2,3)4)25(37)33(24(21)42-23(16)35-30-11-12-31-35)15-20(40-13-7-10-28)18-14-17(29)8-9-19(18)39-6/h8-9,11-12,14-15H,7,10,13H2,1-6H3. The van der Waals surface area contributed by atoms with Crippen LogP contribution in [-0.4, -0.2) is 62.0 Å². The van der Waals surface area contributed by atoms with Crippen molar-refractivity contribution in [2.75, 3.05) is 31.1 Å². The van der Waals surface area contributed by atoms with Crippen molar-refractivity contribution in [2.45, 2.75) is 39.7 Å². The SMILES string of the molecule is COc1ccc(F)cc1C(=Cn1c(=O)n(N(C)C(=O)OC(C)(C)C)c(=O)c2c(C)c(-n3nccn3)sc21)OCCCBr. The molecule has 0 bridgehead atoms. The van der Waals surface area contributed by atoms with Gasteiger partial charge in [-0.05, 0) is 52.3 Å². The van der Waals surface area contributed by atoms with Crippen molar-refractivity contribution >= 4 is 55.5 Å². The topological polar surface area (TPSA) is 123 Å². The molecule has 0 spiro atoms. The molecule has 1 aromatic carbocycles. The summed E-state index contributed by atoms with van der Waals surface area (Å²) in [4.78, 5) is 42.5. The zero-order valence-electron chi connectivity index (χ0n) is 23.9. The Morgan fingerprint density at radius 3 is 2.52 bits per heavy atom. The van der Waals surface area contributed by atoms with Crippen LogP contribution in [0.1, 0.15) is 38.3 Å². The van der Waals surface area contributed by atoms with Crippen LogP contribution in [0.2, 0.25) is 0 Å². The average Bonchev–Trinajstić information content (AvgIpc) is 3.57. The van der Waals surface area contributed by atoms with E-state index in [0.29, 0.717) is 32.7 Å². The molecule has 0 aliphatic carbocycles. The van der Waals surface area contributed by atoms with Gasteiger partial charge in [0.1, 0.15) is 32.8 Å². The van der Waals surface area contributed by atoms with Crippen LogP contribution in [0.4, 0.5) is 9.18 Å². The third-order valence-corrected chi connectivity index (χ3v) is 7.70. The van der Waals surface area contributed by atoms with E-state index in [1.165, 1.54) is 60.3 Å². The normalized spacial score (nSPS) is 12.0. The molecular formula is C27H30BrFN6O6S. The molecule has 15 heteroatoms. The highest BCUT2D eigenvalue weighted by Crippen LogP contribution is 2.33. The molecule has 0 saturated carbocycles. The minimum Gasteiger partial charge on any atom is -0.496 e. The molecule has 4 rings (SSSR count). The van der Waals surface area contributed by atoms with Gasteiger partial charge in [-0.1, -0.05) is 27.3 Å². The number of fused-ring (bicyclic) bond motifs is 1. The number of nitrogens with zero attached hydrogens (tertiary/aromatic N) is 6. The number of aromatic nitrogens is 5. The van der Waals surface area contributed by atoms with Crippen LogP contribution in [0, 0.1) is 12.7 Å². The number of alkyl halides is 1. The number of amides is 1. The van der Waals surface area contributed by atoms with Gasteiger partial charge in [-0.15, -0.1) is 4.80 Å². The molecule has 224 valence electrons. The first-order valence-electron chi connectivity index (χ1n) is 12.8. The molecule has 3 aromatic heterocycles. The monoisotopic (exact) mass is 664 g/mol. The number of thiophene rings is 1. The molecule has 0 saturated heterocycles. The first-order valence-corrected chi connectivity index (χ1v) is 14.7. The van der Waals surface area contributed by atoms with E-state index in [4.69, 9.17) is 14.2 Å². The Labute approximate surface area is 252 Å². The number of halogens is 2. The predicted octanol–water partition coefficient (Wildman–Crippen LogP) is 4.52. The third-order valence-electron chi connectivity index (χ3n) is 5.88. The molecule has 0 atom stereocenters. The Kier molecular flexibility index (Phi) is 9.21. The van der Waals surface area contributed by atoms with Crippen molar-refractivity contribution in [3.05, 3.63) is 68.4 Å². The van der Waals surface area contributed by atoms with E-state index < -0.39 is 28.8 Å². The maximum absolute atomic E-state index is 14.4. The van der Waals surface area contributed by atoms with Crippen molar-refractivity contribution in [3.63, 3.8) is 0 Å². The number of carbonyl (C=O) groups excluding carboxylic acids is 1. The fourth-order valence-corrected chi connectivity index (χ4v) is 5.42. The second kappa shape index (κ2) is 12.5. The Morgan fingerprint density at radius 1 is 1.21 bits per heavy atom. The molecule has 4 aromatic rings. The van der Waals surface area contributed by atoms with E-state index >= 15 is 0 Å². The van der Waals surface area contributed by atoms with Gasteiger partial charge in [0.25, 0.3) is 5.56 Å². The first-order chi connectivity index (χ1) is 19.9. The molecule has 0 radical (unpaired) electrons. The van der Waals surface area contributed by atoms with Gasteiger partial charge >= 0.3 is 11.8 Å². The lowest BCUT2D eigenvalue weighted by molar-refractivity contribution is 0.0546. The van der Waals surface area contributed by atoms with Crippen LogP contribution in [0.5, 0.6) is 5.75 Å². The van der Waals surface area contributed by atoms with E-state index in [1.54, 1.807) is 27.7 Å². The van der Waals surface area contributed by atoms with Gasteiger partial charge in [0.2, 0.25) is 0 Å². The van der Waals surface area contributed by atoms with Crippen molar-refractivity contribution in [3.8, 4) is 10.8 Å². The summed E-state index contributed by atoms with van der Waals surface area (Å²) in [6.45, 7) is 6.92. The molecule has 12 nitrogen and oxygen atoms in total. The Morgan fingerprint density at radius 2 is 1.90 bits per heavy atom. The van der Waals surface area contributed by atoms with Gasteiger partial charge in [0.05, 0.1) is 43.3 Å². The van der Waals surface area contributed by atoms with Crippen molar-refractivity contribution in [1.82, 2.24) is 24.2 Å². The lowest BCUT2D eigenvalue weighted by Crippen LogP contribution is -2.53. The smallest absolute Gasteiger partial charge is 0.429 e. The van der Waals surface area contributed by atoms with Crippen LogP contribution in [0.3, 0.4) is 0 Å². The van der Waals surface area contributed by atoms with E-state index in [9.17, 15) is 18.8 Å². The van der Waals surface area contributed by atoms with Gasteiger partial charge in [0.15, 0.2) is 0 Å². The van der Waals surface area contributed by atoms with Gasteiger partial charge in [-0.2, -0.15) is 14.9 Å². The maximum atomic E-state index is 14.4. The summed E-state index contributed by atoms with van der Waals surface area (Å²) in [5.74, 6) is -0.147. The summed E-state index contributed by atoms with van der Waals surface area (Å²) >= 11 is 4.46. The van der Waals surface area contributed by atoms with E-state index in [0.717, 1.165) is 16.3 Å². The lowest BCUT2D eigenvalue weighted by atomic mass is 10.1. The summed E-state index contributed by atoms with van der Waals surface area (Å²) in [5, 5.41) is 10.4. The second-order valence-electron chi connectivity index (χ2n) is 10.0. The number of hydrogen-bond acceptors (Lipinski definition) is 9. The Balaban J connectivity index is 2.08. The molecule has 0 fully saturated rings. The molecule has 0 N–H and O–H groups in total. The zero-order chi connectivity index (χ0) is 30.8. The number of rotatable bonds is 9. The van der Waals surface area contributed by atoms with Crippen LogP contribution in [-0.2, 0) is 9.47 Å². The third kappa shape index (κ3) is 6.26. The fraction of sp³-hybridized carbons (Fsp3) is 0.370. The van der Waals surface area contributed by atoms with Crippen LogP contribution in [0.25, 0.3) is 27.2 Å². The number of carbonyl (C=O) groups is 1. The number of aryl methyl sites for hydroxylation is 1. The quantitative estimate of drug-likeness (QED) is 0.145. The largest absolute Gasteiger partial charge is 0.496 e. The number of ether oxygens (including phenoxy) is 3. The van der Waals surface area contributed by atoms with Gasteiger partial charge in [-0.3, -0.25) is 9.36 Å². The number of hydrogen-bond donors (Lipinski definition) is 0. The Hall–Kier alpha value is -3.98. The van der Waals surface area contributed by atoms with Gasteiger partial charge in [0, 0.05) is 17.9 Å². The highest BCUT2D eigenvalue weighted by atomic mass is 79.9. The summed E-state index contributed by atoms with van der Waals surface area (Å²) in [5.41, 5.74) is -1.80. The molecular weight excluding hydrogens is 635 g/mol. The second-order valence-corrected chi connectivity index (χ2v) is 11.8. The zero-order valence-corrected chi connectivity index (χ0v) is 26.3. The molecule has 1 amide bonds. The summed E-state index contributed by atoms with van der Waals surface area (Å²) in [6.07, 6.45) is 4.01. The van der Waals surface area contributed by atoms with E-state index in [2.05, 4.69) is 26.1 Å². The number of benzene rings is 1. The fourth-order valence-electron chi connectivity index (χ4n) is 4.00. The molecule has 3 heterocycles. The summed E-state index contributed by atoms with van der Waals surface area (Å²) < 4.78 is 33.2. The van der Waals surface area contributed by atoms with Crippen molar-refractivity contribution in [1.29, 1.82) is 0 Å². The summed E-state index contributed by atoms with van der Waals surface area (Å²) in [6, 6.07) is 3.91. The first kappa shape index (κ1) is 31.0. The summed E-state index contributed by atoms with van der Waals surface area (Å²) in [7, 11) is 2.69. The Bertz CT molecular complexity index is 1760. The average molecular weight is 666 g/mol. The van der Waals surface area contributed by atoms with E-state index in [-0.39, 0.29) is 28.1 Å². The minimum absolute atomic E-state index is 0.102. The predicted molar refractivity (Wildman–Crippen MR) is 162 cm³/mol. The van der Waals surface area contributed by atoms with Gasteiger partial charge < -0.3 is 14.2 Å². The van der Waals surface area contributed by atoms with Crippen LogP contribution >= 0.6 is 27.3 Å². The number of methoxy groups -OCH3 is 1. The highest BCUT2D eigenvalue weighted by molar-refractivity contribution is 9.09. The minimum atomic E-state index is -0.918. The van der Waals surface area contributed by atoms with Crippen LogP contribution < -0.4 is 21.0 Å². The molecule has 0 aliphatic heterocycles. The van der Waals surface area contributed by atoms with Crippen LogP contribution in [0.15, 0.2) is 40.2 Å².